The predicted octanol–water partition coefficient (Wildman–Crippen LogP) is 3.37. The van der Waals surface area contributed by atoms with Crippen LogP contribution in [0.4, 0.5) is 0 Å². The molecule has 2 fully saturated rings. The van der Waals surface area contributed by atoms with Gasteiger partial charge in [-0.1, -0.05) is 19.3 Å². The Balaban J connectivity index is 1.86. The van der Waals surface area contributed by atoms with Gasteiger partial charge in [0.25, 0.3) is 0 Å². The number of aromatic nitrogens is 2. The summed E-state index contributed by atoms with van der Waals surface area (Å²) in [4.78, 5) is 16.9. The summed E-state index contributed by atoms with van der Waals surface area (Å²) < 4.78 is 7.05. The highest BCUT2D eigenvalue weighted by Crippen LogP contribution is 2.51. The molecular weight excluding hydrogens is 304 g/mol. The summed E-state index contributed by atoms with van der Waals surface area (Å²) >= 11 is 0. The van der Waals surface area contributed by atoms with Crippen molar-refractivity contribution < 1.29 is 14.6 Å². The maximum Gasteiger partial charge on any atom is 0.314 e. The standard InChI is InChI=1S/C19H24N2O3/c1-24-18(23)19(8-3-2-4-9-19)17(22)16-14(13-5-6-13)7-10-21-12-20-11-15(16)21/h7,10-13,17,22H,2-6,8-9H2,1H3. The maximum absolute atomic E-state index is 12.7. The number of fused-ring (bicyclic) bond motifs is 1. The fourth-order valence-electron chi connectivity index (χ4n) is 4.33. The average molecular weight is 328 g/mol. The lowest BCUT2D eigenvalue weighted by atomic mass is 9.67. The number of carbonyl (C=O) groups excluding carboxylic acids is 1. The van der Waals surface area contributed by atoms with Crippen molar-refractivity contribution in [3.8, 4) is 0 Å². The quantitative estimate of drug-likeness (QED) is 0.874. The summed E-state index contributed by atoms with van der Waals surface area (Å²) in [6, 6.07) is 2.08. The number of pyridine rings is 1. The Bertz CT molecular complexity index is 757. The van der Waals surface area contributed by atoms with Crippen LogP contribution in [0, 0.1) is 5.41 Å². The third-order valence-electron chi connectivity index (χ3n) is 5.82. The van der Waals surface area contributed by atoms with E-state index in [2.05, 4.69) is 11.1 Å². The van der Waals surface area contributed by atoms with E-state index >= 15 is 0 Å². The zero-order chi connectivity index (χ0) is 16.7. The van der Waals surface area contributed by atoms with Gasteiger partial charge < -0.3 is 14.2 Å². The molecule has 128 valence electrons. The molecule has 1 atom stereocenters. The van der Waals surface area contributed by atoms with E-state index < -0.39 is 11.5 Å². The number of hydrogen-bond donors (Lipinski definition) is 1. The van der Waals surface area contributed by atoms with Crippen molar-refractivity contribution >= 4 is 11.5 Å². The van der Waals surface area contributed by atoms with E-state index in [4.69, 9.17) is 4.74 Å². The summed E-state index contributed by atoms with van der Waals surface area (Å²) in [7, 11) is 1.42. The van der Waals surface area contributed by atoms with Gasteiger partial charge >= 0.3 is 5.97 Å². The second-order valence-electron chi connectivity index (χ2n) is 7.26. The van der Waals surface area contributed by atoms with Crippen LogP contribution in [0.2, 0.25) is 0 Å². The van der Waals surface area contributed by atoms with Crippen LogP contribution in [0.3, 0.4) is 0 Å². The fourth-order valence-corrected chi connectivity index (χ4v) is 4.33. The van der Waals surface area contributed by atoms with Crippen molar-refractivity contribution in [1.82, 2.24) is 9.38 Å². The van der Waals surface area contributed by atoms with Crippen LogP contribution in [0.25, 0.3) is 5.52 Å². The Hall–Kier alpha value is -1.88. The number of aliphatic hydroxyl groups is 1. The fraction of sp³-hybridized carbons (Fsp3) is 0.579. The first-order valence-electron chi connectivity index (χ1n) is 8.88. The Morgan fingerprint density at radius 3 is 2.79 bits per heavy atom. The zero-order valence-corrected chi connectivity index (χ0v) is 14.1. The van der Waals surface area contributed by atoms with Crippen LogP contribution < -0.4 is 0 Å². The van der Waals surface area contributed by atoms with Gasteiger partial charge in [0, 0.05) is 11.8 Å². The second kappa shape index (κ2) is 5.88. The van der Waals surface area contributed by atoms with Gasteiger partial charge in [-0.25, -0.2) is 4.98 Å². The molecule has 1 N–H and O–H groups in total. The molecule has 0 aromatic carbocycles. The van der Waals surface area contributed by atoms with Gasteiger partial charge in [-0.05, 0) is 43.2 Å². The average Bonchev–Trinajstić information content (AvgIpc) is 3.36. The first kappa shape index (κ1) is 15.6. The molecule has 0 spiro atoms. The minimum atomic E-state index is -0.846. The summed E-state index contributed by atoms with van der Waals surface area (Å²) in [5.41, 5.74) is 2.12. The molecule has 2 aromatic heterocycles. The molecule has 2 aliphatic rings. The third-order valence-corrected chi connectivity index (χ3v) is 5.82. The van der Waals surface area contributed by atoms with Gasteiger partial charge in [0.1, 0.15) is 0 Å². The molecular formula is C19H24N2O3. The largest absolute Gasteiger partial charge is 0.469 e. The summed E-state index contributed by atoms with van der Waals surface area (Å²) in [5, 5.41) is 11.4. The summed E-state index contributed by atoms with van der Waals surface area (Å²) in [6.45, 7) is 0. The first-order valence-corrected chi connectivity index (χ1v) is 8.88. The summed E-state index contributed by atoms with van der Waals surface area (Å²) in [6.07, 6.45) is 11.4. The van der Waals surface area contributed by atoms with Gasteiger partial charge in [0.2, 0.25) is 0 Å². The van der Waals surface area contributed by atoms with Crippen LogP contribution >= 0.6 is 0 Å². The van der Waals surface area contributed by atoms with Crippen LogP contribution in [0.5, 0.6) is 0 Å². The van der Waals surface area contributed by atoms with Crippen molar-refractivity contribution in [1.29, 1.82) is 0 Å². The lowest BCUT2D eigenvalue weighted by Gasteiger charge is -2.39. The second-order valence-corrected chi connectivity index (χ2v) is 7.26. The Morgan fingerprint density at radius 1 is 1.38 bits per heavy atom. The molecule has 2 aromatic rings. The van der Waals surface area contributed by atoms with E-state index in [0.717, 1.165) is 43.2 Å². The molecule has 2 heterocycles. The number of esters is 1. The third kappa shape index (κ3) is 2.34. The van der Waals surface area contributed by atoms with E-state index in [-0.39, 0.29) is 5.97 Å². The van der Waals surface area contributed by atoms with Crippen molar-refractivity contribution in [2.75, 3.05) is 7.11 Å². The van der Waals surface area contributed by atoms with Gasteiger partial charge in [-0.15, -0.1) is 0 Å². The van der Waals surface area contributed by atoms with E-state index in [0.29, 0.717) is 18.8 Å². The van der Waals surface area contributed by atoms with Crippen molar-refractivity contribution in [3.63, 3.8) is 0 Å². The van der Waals surface area contributed by atoms with E-state index in [9.17, 15) is 9.90 Å². The van der Waals surface area contributed by atoms with Gasteiger partial charge in [0.05, 0.1) is 36.7 Å². The molecule has 4 rings (SSSR count). The number of methoxy groups -OCH3 is 1. The highest BCUT2D eigenvalue weighted by atomic mass is 16.5. The number of hydrogen-bond acceptors (Lipinski definition) is 4. The molecule has 2 aliphatic carbocycles. The number of rotatable bonds is 4. The molecule has 0 aliphatic heterocycles. The minimum absolute atomic E-state index is 0.280. The summed E-state index contributed by atoms with van der Waals surface area (Å²) in [5.74, 6) is 0.214. The minimum Gasteiger partial charge on any atom is -0.469 e. The Morgan fingerprint density at radius 2 is 2.12 bits per heavy atom. The highest BCUT2D eigenvalue weighted by molar-refractivity contribution is 5.79. The zero-order valence-electron chi connectivity index (χ0n) is 14.1. The van der Waals surface area contributed by atoms with E-state index in [1.54, 1.807) is 12.5 Å². The van der Waals surface area contributed by atoms with Crippen LogP contribution in [-0.4, -0.2) is 27.6 Å². The first-order chi connectivity index (χ1) is 11.7. The van der Waals surface area contributed by atoms with Crippen molar-refractivity contribution in [2.45, 2.75) is 57.0 Å². The van der Waals surface area contributed by atoms with E-state index in [1.165, 1.54) is 12.7 Å². The number of aliphatic hydroxyl groups excluding tert-OH is 1. The topological polar surface area (TPSA) is 63.8 Å². The van der Waals surface area contributed by atoms with Crippen LogP contribution in [-0.2, 0) is 9.53 Å². The lowest BCUT2D eigenvalue weighted by molar-refractivity contribution is -0.164. The number of carbonyl (C=O) groups is 1. The molecule has 0 saturated heterocycles. The molecule has 5 nitrogen and oxygen atoms in total. The Kier molecular flexibility index (Phi) is 3.83. The van der Waals surface area contributed by atoms with Crippen LogP contribution in [0.1, 0.15) is 68.1 Å². The van der Waals surface area contributed by atoms with Gasteiger partial charge in [-0.2, -0.15) is 0 Å². The maximum atomic E-state index is 12.7. The molecule has 2 saturated carbocycles. The van der Waals surface area contributed by atoms with Crippen molar-refractivity contribution in [2.24, 2.45) is 5.41 Å². The number of ether oxygens (including phenoxy) is 1. The SMILES string of the molecule is COC(=O)C1(C(O)c2c(C3CC3)ccn3cncc23)CCCCC1. The normalized spacial score (nSPS) is 21.6. The molecule has 0 amide bonds. The molecule has 0 bridgehead atoms. The van der Waals surface area contributed by atoms with E-state index in [1.807, 2.05) is 10.6 Å². The number of imidazole rings is 1. The molecule has 0 radical (unpaired) electrons. The van der Waals surface area contributed by atoms with Gasteiger partial charge in [-0.3, -0.25) is 4.79 Å². The lowest BCUT2D eigenvalue weighted by Crippen LogP contribution is -2.40. The van der Waals surface area contributed by atoms with Crippen molar-refractivity contribution in [3.05, 3.63) is 35.9 Å². The number of nitrogens with zero attached hydrogens (tertiary/aromatic N) is 2. The molecule has 5 heteroatoms. The molecule has 1 unspecified atom stereocenters. The Labute approximate surface area is 141 Å². The highest BCUT2D eigenvalue weighted by Gasteiger charge is 2.49. The van der Waals surface area contributed by atoms with Gasteiger partial charge in [0.15, 0.2) is 0 Å². The monoisotopic (exact) mass is 328 g/mol. The smallest absolute Gasteiger partial charge is 0.314 e. The molecule has 24 heavy (non-hydrogen) atoms. The predicted molar refractivity (Wildman–Crippen MR) is 89.7 cm³/mol. The van der Waals surface area contributed by atoms with Crippen LogP contribution in [0.15, 0.2) is 24.8 Å².